The molecule has 5 heterocycles. The van der Waals surface area contributed by atoms with Crippen LogP contribution in [0.25, 0.3) is 155 Å². The van der Waals surface area contributed by atoms with Crippen LogP contribution in [0.4, 0.5) is 51.2 Å². The van der Waals surface area contributed by atoms with Gasteiger partial charge < -0.3 is 23.8 Å². The molecule has 2 aromatic heterocycles. The number of hydrogen-bond acceptors (Lipinski definition) is 3. The van der Waals surface area contributed by atoms with E-state index in [2.05, 4.69) is 282 Å². The molecule has 3 aliphatic rings. The predicted molar refractivity (Wildman–Crippen MR) is 582 cm³/mol. The van der Waals surface area contributed by atoms with E-state index < -0.39 is 120 Å². The highest BCUT2D eigenvalue weighted by Gasteiger charge is 2.47. The molecular weight excluding hydrogens is 1650 g/mol. The number of hydrogen-bond donors (Lipinski definition) is 0. The van der Waals surface area contributed by atoms with Crippen LogP contribution in [0.2, 0.25) is 0 Å². The van der Waals surface area contributed by atoms with Crippen molar-refractivity contribution in [3.8, 4) is 112 Å². The molecule has 0 saturated heterocycles. The van der Waals surface area contributed by atoms with E-state index in [4.69, 9.17) is 0 Å². The Labute approximate surface area is 827 Å². The van der Waals surface area contributed by atoms with Crippen LogP contribution in [0, 0.1) is 0 Å². The van der Waals surface area contributed by atoms with Gasteiger partial charge in [-0.05, 0) is 267 Å². The van der Waals surface area contributed by atoms with Crippen molar-refractivity contribution in [2.45, 2.75) is 71.6 Å². The lowest BCUT2D eigenvalue weighted by molar-refractivity contribution is 0.590. The molecule has 0 fully saturated rings. The third kappa shape index (κ3) is 13.8. The number of nitrogens with zero attached hydrogens (tertiary/aromatic N) is 5. The van der Waals surface area contributed by atoms with E-state index in [0.29, 0.717) is 67.0 Å². The van der Waals surface area contributed by atoms with Crippen molar-refractivity contribution < 1.29 is 24.7 Å². The highest BCUT2D eigenvalue weighted by Crippen LogP contribution is 2.59. The summed E-state index contributed by atoms with van der Waals surface area (Å²) >= 11 is 0. The molecule has 0 aliphatic carbocycles. The Morgan fingerprint density at radius 1 is 0.241 bits per heavy atom. The van der Waals surface area contributed by atoms with E-state index in [9.17, 15) is 24.7 Å². The average Bonchev–Trinajstić information content (AvgIpc) is 1.10. The molecule has 0 spiro atoms. The Hall–Kier alpha value is -16.5. The van der Waals surface area contributed by atoms with Crippen molar-refractivity contribution in [1.82, 2.24) is 9.13 Å². The first kappa shape index (κ1) is 65.1. The summed E-state index contributed by atoms with van der Waals surface area (Å²) in [5, 5.41) is -0.591. The molecule has 0 amide bonds. The number of anilines is 9. The largest absolute Gasteiger partial charge is 0.310 e. The Kier molecular flexibility index (Phi) is 15.4. The summed E-state index contributed by atoms with van der Waals surface area (Å²) < 4.78 is 186. The maximum Gasteiger partial charge on any atom is 0.252 e. The van der Waals surface area contributed by atoms with Crippen LogP contribution in [0.3, 0.4) is 0 Å². The lowest BCUT2D eigenvalue weighted by Gasteiger charge is -2.46. The first-order chi connectivity index (χ1) is 74.5. The highest BCUT2D eigenvalue weighted by atomic mass is 15.2. The van der Waals surface area contributed by atoms with Crippen LogP contribution >= 0.6 is 0 Å². The lowest BCUT2D eigenvalue weighted by Crippen LogP contribution is -2.61. The van der Waals surface area contributed by atoms with Gasteiger partial charge >= 0.3 is 0 Å². The minimum atomic E-state index is -1.17. The van der Waals surface area contributed by atoms with Crippen LogP contribution in [-0.2, 0) is 16.2 Å². The molecule has 652 valence electrons. The fourth-order valence-corrected chi connectivity index (χ4v) is 21.2. The minimum absolute atomic E-state index is 0.111. The quantitative estimate of drug-likeness (QED) is 0.101. The van der Waals surface area contributed by atoms with Crippen molar-refractivity contribution in [2.75, 3.05) is 14.7 Å². The van der Waals surface area contributed by atoms with Gasteiger partial charge in [-0.3, -0.25) is 0 Å². The third-order valence-corrected chi connectivity index (χ3v) is 28.0. The molecule has 5 nitrogen and oxygen atoms in total. The normalized spacial score (nSPS) is 14.9. The molecular formula is C131H100BN5. The second kappa shape index (κ2) is 32.4. The Morgan fingerprint density at radius 3 is 0.920 bits per heavy atom. The summed E-state index contributed by atoms with van der Waals surface area (Å²) in [7, 11) is 0. The number of benzene rings is 20. The van der Waals surface area contributed by atoms with Gasteiger partial charge in [0, 0.05) is 89.0 Å². The Morgan fingerprint density at radius 2 is 0.555 bits per heavy atom. The SMILES string of the molecule is [2H]c1c(-c2ccc3c(c2)C(C)(C)c2ccccc2N3c2ccccc2)c([2H])c2c3c1N(c1c(-c4cccc(-c5ccccc5)c4)cc(C(C)(C)C)cc1-c1cccc(-c4ccccc4)c1)c1cc(-n4c5c([2H])c([2H])c([2H])c([2H])c5c5c([2H])c([2H])c([2H])c([2H])c54)ccc1B3c1ccc(-n3c4c([2H])c([2H])c([2H])c([2H])c4c4c([2H])c([2H])c([2H])c([2H])c43)cc1N2c1c(-c2cccc(-c3ccccc3)c2)cc(C(C)(C)C)cc1-c1cccc(-c2ccccc2)c1. The molecule has 22 aromatic rings. The van der Waals surface area contributed by atoms with Gasteiger partial charge in [-0.15, -0.1) is 0 Å². The van der Waals surface area contributed by atoms with Crippen molar-refractivity contribution in [1.29, 1.82) is 0 Å². The monoisotopic (exact) mass is 1770 g/mol. The second-order valence-corrected chi connectivity index (χ2v) is 38.6. The van der Waals surface area contributed by atoms with Crippen LogP contribution < -0.4 is 31.1 Å². The molecule has 0 radical (unpaired) electrons. The molecule has 137 heavy (non-hydrogen) atoms. The van der Waals surface area contributed by atoms with Gasteiger partial charge in [0.05, 0.1) is 69.5 Å². The van der Waals surface area contributed by atoms with Crippen molar-refractivity contribution in [3.05, 3.63) is 483 Å². The van der Waals surface area contributed by atoms with E-state index in [-0.39, 0.29) is 84.0 Å². The summed E-state index contributed by atoms with van der Waals surface area (Å²) in [6.07, 6.45) is 0. The zero-order chi connectivity index (χ0) is 108. The number of fused-ring (bicyclic) bond motifs is 12. The van der Waals surface area contributed by atoms with Crippen molar-refractivity contribution in [3.63, 3.8) is 0 Å². The van der Waals surface area contributed by atoms with Gasteiger partial charge in [0.25, 0.3) is 6.71 Å². The smallest absolute Gasteiger partial charge is 0.252 e. The molecule has 0 atom stereocenters. The van der Waals surface area contributed by atoms with Gasteiger partial charge in [-0.1, -0.05) is 377 Å². The van der Waals surface area contributed by atoms with E-state index in [0.717, 1.165) is 106 Å². The Balaban J connectivity index is 0.935. The first-order valence-electron chi connectivity index (χ1n) is 55.7. The van der Waals surface area contributed by atoms with Crippen LogP contribution in [-0.4, -0.2) is 15.8 Å². The zero-order valence-electron chi connectivity index (χ0n) is 94.8. The van der Waals surface area contributed by atoms with Gasteiger partial charge in [0.1, 0.15) is 0 Å². The molecule has 6 heteroatoms. The minimum Gasteiger partial charge on any atom is -0.310 e. The van der Waals surface area contributed by atoms with E-state index >= 15 is 0 Å². The molecule has 20 aromatic carbocycles. The average molecular weight is 1770 g/mol. The van der Waals surface area contributed by atoms with Gasteiger partial charge in [0.15, 0.2) is 0 Å². The van der Waals surface area contributed by atoms with Crippen molar-refractivity contribution >= 4 is 118 Å². The molecule has 25 rings (SSSR count). The predicted octanol–water partition coefficient (Wildman–Crippen LogP) is 33.7. The summed E-state index contributed by atoms with van der Waals surface area (Å²) in [6, 6.07) is 110. The van der Waals surface area contributed by atoms with E-state index in [1.807, 2.05) is 140 Å². The first-order valence-corrected chi connectivity index (χ1v) is 46.7. The van der Waals surface area contributed by atoms with Crippen molar-refractivity contribution in [2.24, 2.45) is 0 Å². The maximum atomic E-state index is 12.8. The fourth-order valence-electron chi connectivity index (χ4n) is 21.2. The summed E-state index contributed by atoms with van der Waals surface area (Å²) in [6.45, 7) is 16.4. The zero-order valence-corrected chi connectivity index (χ0v) is 76.8. The molecule has 0 unspecified atom stereocenters. The summed E-state index contributed by atoms with van der Waals surface area (Å²) in [5.41, 5.74) is 21.7. The van der Waals surface area contributed by atoms with Gasteiger partial charge in [-0.25, -0.2) is 0 Å². The van der Waals surface area contributed by atoms with Crippen LogP contribution in [0.15, 0.2) is 461 Å². The van der Waals surface area contributed by atoms with Crippen LogP contribution in [0.5, 0.6) is 0 Å². The lowest BCUT2D eigenvalue weighted by atomic mass is 9.33. The number of para-hydroxylation sites is 6. The van der Waals surface area contributed by atoms with Crippen LogP contribution in [0.1, 0.15) is 102 Å². The molecule has 3 aliphatic heterocycles. The maximum absolute atomic E-state index is 12.8. The van der Waals surface area contributed by atoms with Gasteiger partial charge in [0.2, 0.25) is 0 Å². The standard InChI is InChI=1S/C131H100BN5/c1-129(2,3)99-79-108(94-50-34-46-89(72-94)85-38-14-9-15-39-85)127(109(80-99)95-51-35-47-90(73-95)86-40-16-10-17-41-86)136-122-83-102(134-116-61-29-24-56-104(116)105-57-25-30-62-117(105)134)67-69-114(122)132-115-70-68-103(135-118-63-31-26-58-106(118)107-59-27-32-64-119(107)135)84-123(115)137(125-78-98(77-124(136)126(125)132)93-66-71-121-113(76-93)131(7,8)112-60-28-33-65-120(112)133(121)101-54-22-13-23-55-101)128-110(96-52-36-48-91(74-96)87-42-18-11-19-43-87)81-100(130(4,5)6)82-111(128)97-53-37-49-92(75-97)88-44-20-12-21-45-88/h9-84H,1-8H3/i24D,25D,26D,27D,29D,30D,31D,32D,56D,57D,58D,59D,61D,62D,63D,64D,77D,78D. The summed E-state index contributed by atoms with van der Waals surface area (Å²) in [5.74, 6) is 0. The van der Waals surface area contributed by atoms with Gasteiger partial charge in [-0.2, -0.15) is 0 Å². The third-order valence-electron chi connectivity index (χ3n) is 28.0. The fraction of sp³-hybridized carbons (Fsp3) is 0.0840. The topological polar surface area (TPSA) is 19.6 Å². The number of rotatable bonds is 14. The summed E-state index contributed by atoms with van der Waals surface area (Å²) in [4.78, 5) is 6.64. The molecule has 0 bridgehead atoms. The number of aromatic nitrogens is 2. The van der Waals surface area contributed by atoms with E-state index in [1.54, 1.807) is 0 Å². The molecule has 0 saturated carbocycles. The van der Waals surface area contributed by atoms with E-state index in [1.165, 1.54) is 9.13 Å². The highest BCUT2D eigenvalue weighted by molar-refractivity contribution is 7.00. The molecule has 0 N–H and O–H groups in total. The second-order valence-electron chi connectivity index (χ2n) is 38.6. The Bertz CT molecular complexity index is 8930.